The average molecular weight is 449 g/mol. The van der Waals surface area contributed by atoms with E-state index in [2.05, 4.69) is 20.7 Å². The quantitative estimate of drug-likeness (QED) is 0.762. The summed E-state index contributed by atoms with van der Waals surface area (Å²) in [5.41, 5.74) is 4.21. The van der Waals surface area contributed by atoms with Crippen molar-refractivity contribution in [3.63, 3.8) is 0 Å². The highest BCUT2D eigenvalue weighted by Crippen LogP contribution is 2.39. The third-order valence-electron chi connectivity index (χ3n) is 5.14. The Morgan fingerprint density at radius 1 is 1.19 bits per heavy atom. The van der Waals surface area contributed by atoms with Crippen molar-refractivity contribution in [2.24, 2.45) is 5.92 Å². The van der Waals surface area contributed by atoms with Crippen molar-refractivity contribution in [3.05, 3.63) is 51.5 Å². The van der Waals surface area contributed by atoms with E-state index in [1.165, 1.54) is 0 Å². The first-order valence-corrected chi connectivity index (χ1v) is 11.3. The van der Waals surface area contributed by atoms with Crippen LogP contribution in [0, 0.1) is 19.8 Å². The Hall–Kier alpha value is -1.86. The number of rotatable bonds is 4. The van der Waals surface area contributed by atoms with Gasteiger partial charge in [-0.1, -0.05) is 17.7 Å². The number of amides is 1. The van der Waals surface area contributed by atoms with Crippen molar-refractivity contribution >= 4 is 43.2 Å². The molecule has 1 aliphatic heterocycles. The monoisotopic (exact) mass is 448 g/mol. The molecule has 0 spiro atoms. The summed E-state index contributed by atoms with van der Waals surface area (Å²) in [6.07, 6.45) is 2.61. The Labute approximate surface area is 167 Å². The van der Waals surface area contributed by atoms with E-state index in [9.17, 15) is 13.2 Å². The smallest absolute Gasteiger partial charge is 0.263 e. The van der Waals surface area contributed by atoms with E-state index in [1.807, 2.05) is 32.0 Å². The summed E-state index contributed by atoms with van der Waals surface area (Å²) >= 11 is 3.40. The SMILES string of the molecule is Cc1ccc(NS(=O)(=O)c2cc3c(cc2Br)CCN3C(=O)C2CC2)c(C)c1. The van der Waals surface area contributed by atoms with Gasteiger partial charge in [-0.3, -0.25) is 9.52 Å². The van der Waals surface area contributed by atoms with Crippen molar-refractivity contribution in [1.82, 2.24) is 0 Å². The molecule has 1 amide bonds. The highest BCUT2D eigenvalue weighted by molar-refractivity contribution is 9.10. The number of carbonyl (C=O) groups is 1. The van der Waals surface area contributed by atoms with Gasteiger partial charge in [0.1, 0.15) is 4.90 Å². The highest BCUT2D eigenvalue weighted by Gasteiger charge is 2.37. The van der Waals surface area contributed by atoms with Crippen molar-refractivity contribution in [2.75, 3.05) is 16.2 Å². The van der Waals surface area contributed by atoms with Gasteiger partial charge in [-0.2, -0.15) is 0 Å². The molecule has 0 atom stereocenters. The van der Waals surface area contributed by atoms with Gasteiger partial charge in [0, 0.05) is 22.6 Å². The summed E-state index contributed by atoms with van der Waals surface area (Å²) in [6, 6.07) is 9.03. The normalized spacial score (nSPS) is 16.3. The number of halogens is 1. The van der Waals surface area contributed by atoms with Crippen LogP contribution in [0.3, 0.4) is 0 Å². The predicted octanol–water partition coefficient (Wildman–Crippen LogP) is 4.17. The maximum absolute atomic E-state index is 13.0. The van der Waals surface area contributed by atoms with Gasteiger partial charge in [0.2, 0.25) is 5.91 Å². The molecule has 5 nitrogen and oxygen atoms in total. The molecule has 1 fully saturated rings. The summed E-state index contributed by atoms with van der Waals surface area (Å²) in [5.74, 6) is 0.217. The van der Waals surface area contributed by atoms with Crippen LogP contribution < -0.4 is 9.62 Å². The number of aryl methyl sites for hydroxylation is 2. The summed E-state index contributed by atoms with van der Waals surface area (Å²) in [5, 5.41) is 0. The average Bonchev–Trinajstić information content (AvgIpc) is 3.36. The number of nitrogens with one attached hydrogen (secondary N) is 1. The van der Waals surface area contributed by atoms with E-state index >= 15 is 0 Å². The van der Waals surface area contributed by atoms with Gasteiger partial charge in [-0.15, -0.1) is 0 Å². The van der Waals surface area contributed by atoms with E-state index < -0.39 is 10.0 Å². The molecule has 1 aliphatic carbocycles. The Morgan fingerprint density at radius 2 is 1.93 bits per heavy atom. The molecule has 0 radical (unpaired) electrons. The fourth-order valence-electron chi connectivity index (χ4n) is 3.50. The van der Waals surface area contributed by atoms with Crippen LogP contribution in [0.2, 0.25) is 0 Å². The molecule has 1 saturated carbocycles. The zero-order valence-electron chi connectivity index (χ0n) is 15.3. The van der Waals surface area contributed by atoms with Gasteiger partial charge in [0.25, 0.3) is 10.0 Å². The van der Waals surface area contributed by atoms with Gasteiger partial charge < -0.3 is 4.90 Å². The van der Waals surface area contributed by atoms with Crippen LogP contribution in [0.5, 0.6) is 0 Å². The third kappa shape index (κ3) is 3.50. The lowest BCUT2D eigenvalue weighted by Crippen LogP contribution is -2.30. The standard InChI is InChI=1S/C20H21BrN2O3S/c1-12-3-6-17(13(2)9-12)22-27(25,26)19-11-18-15(10-16(19)21)7-8-23(18)20(24)14-4-5-14/h3,6,9-11,14,22H,4-5,7-8H2,1-2H3. The molecule has 7 heteroatoms. The second kappa shape index (κ2) is 6.63. The van der Waals surface area contributed by atoms with Crippen LogP contribution in [0.1, 0.15) is 29.5 Å². The van der Waals surface area contributed by atoms with Crippen LogP contribution in [-0.4, -0.2) is 20.9 Å². The molecule has 4 rings (SSSR count). The zero-order valence-corrected chi connectivity index (χ0v) is 17.7. The van der Waals surface area contributed by atoms with E-state index in [4.69, 9.17) is 0 Å². The number of anilines is 2. The van der Waals surface area contributed by atoms with Crippen LogP contribution in [0.4, 0.5) is 11.4 Å². The summed E-state index contributed by atoms with van der Waals surface area (Å²) in [7, 11) is -3.79. The van der Waals surface area contributed by atoms with Gasteiger partial charge in [0.05, 0.1) is 5.69 Å². The van der Waals surface area contributed by atoms with Gasteiger partial charge >= 0.3 is 0 Å². The molecule has 0 unspecified atom stereocenters. The topological polar surface area (TPSA) is 66.5 Å². The highest BCUT2D eigenvalue weighted by atomic mass is 79.9. The predicted molar refractivity (Wildman–Crippen MR) is 110 cm³/mol. The summed E-state index contributed by atoms with van der Waals surface area (Å²) in [4.78, 5) is 14.4. The molecule has 1 N–H and O–H groups in total. The molecule has 0 bridgehead atoms. The Balaban J connectivity index is 1.70. The summed E-state index contributed by atoms with van der Waals surface area (Å²) < 4.78 is 29.3. The van der Waals surface area contributed by atoms with E-state index in [1.54, 1.807) is 17.0 Å². The maximum atomic E-state index is 13.0. The first kappa shape index (κ1) is 18.5. The Morgan fingerprint density at radius 3 is 2.59 bits per heavy atom. The molecular formula is C20H21BrN2O3S. The second-order valence-electron chi connectivity index (χ2n) is 7.35. The molecular weight excluding hydrogens is 428 g/mol. The third-order valence-corrected chi connectivity index (χ3v) is 7.46. The first-order chi connectivity index (χ1) is 12.8. The number of hydrogen-bond donors (Lipinski definition) is 1. The van der Waals surface area contributed by atoms with Crippen molar-refractivity contribution in [3.8, 4) is 0 Å². The molecule has 142 valence electrons. The van der Waals surface area contributed by atoms with Crippen molar-refractivity contribution in [1.29, 1.82) is 0 Å². The minimum absolute atomic E-state index is 0.105. The number of carbonyl (C=O) groups excluding carboxylic acids is 1. The lowest BCUT2D eigenvalue weighted by atomic mass is 10.1. The van der Waals surface area contributed by atoms with Gasteiger partial charge in [-0.05, 0) is 78.4 Å². The fraction of sp³-hybridized carbons (Fsp3) is 0.350. The minimum Gasteiger partial charge on any atom is -0.312 e. The molecule has 2 aromatic rings. The lowest BCUT2D eigenvalue weighted by molar-refractivity contribution is -0.119. The Kier molecular flexibility index (Phi) is 4.55. The molecule has 1 heterocycles. The van der Waals surface area contributed by atoms with Crippen LogP contribution >= 0.6 is 15.9 Å². The van der Waals surface area contributed by atoms with Crippen LogP contribution in [0.25, 0.3) is 0 Å². The number of fused-ring (bicyclic) bond motifs is 1. The van der Waals surface area contributed by atoms with Crippen molar-refractivity contribution < 1.29 is 13.2 Å². The number of sulfonamides is 1. The largest absolute Gasteiger partial charge is 0.312 e. The Bertz CT molecular complexity index is 1050. The number of hydrogen-bond acceptors (Lipinski definition) is 3. The van der Waals surface area contributed by atoms with E-state index in [-0.39, 0.29) is 16.7 Å². The van der Waals surface area contributed by atoms with Crippen molar-refractivity contribution in [2.45, 2.75) is 38.0 Å². The maximum Gasteiger partial charge on any atom is 0.263 e. The minimum atomic E-state index is -3.79. The second-order valence-corrected chi connectivity index (χ2v) is 9.85. The van der Waals surface area contributed by atoms with Gasteiger partial charge in [-0.25, -0.2) is 8.42 Å². The van der Waals surface area contributed by atoms with Crippen LogP contribution in [-0.2, 0) is 21.2 Å². The molecule has 0 saturated heterocycles. The fourth-order valence-corrected chi connectivity index (χ4v) is 5.74. The van der Waals surface area contributed by atoms with E-state index in [0.29, 0.717) is 16.7 Å². The van der Waals surface area contributed by atoms with Gasteiger partial charge in [0.15, 0.2) is 0 Å². The van der Waals surface area contributed by atoms with E-state index in [0.717, 1.165) is 41.6 Å². The number of nitrogens with zero attached hydrogens (tertiary/aromatic N) is 1. The molecule has 0 aromatic heterocycles. The zero-order chi connectivity index (χ0) is 19.3. The lowest BCUT2D eigenvalue weighted by Gasteiger charge is -2.19. The molecule has 2 aliphatic rings. The first-order valence-electron chi connectivity index (χ1n) is 9.00. The van der Waals surface area contributed by atoms with Crippen LogP contribution in [0.15, 0.2) is 39.7 Å². The number of benzene rings is 2. The molecule has 27 heavy (non-hydrogen) atoms. The summed E-state index contributed by atoms with van der Waals surface area (Å²) in [6.45, 7) is 4.46. The molecule has 2 aromatic carbocycles.